The Morgan fingerprint density at radius 2 is 1.61 bits per heavy atom. The molecule has 0 saturated heterocycles. The van der Waals surface area contributed by atoms with Gasteiger partial charge in [-0.2, -0.15) is 13.2 Å². The fourth-order valence-electron chi connectivity index (χ4n) is 3.18. The first-order chi connectivity index (χ1) is 15.5. The second-order valence-electron chi connectivity index (χ2n) is 7.58. The number of rotatable bonds is 7. The maximum atomic E-state index is 13.3. The normalized spacial score (nSPS) is 11.8. The zero-order chi connectivity index (χ0) is 24.2. The first-order valence-corrected chi connectivity index (χ1v) is 11.5. The Hall–Kier alpha value is -3.33. The van der Waals surface area contributed by atoms with Gasteiger partial charge in [-0.3, -0.25) is 9.10 Å². The summed E-state index contributed by atoms with van der Waals surface area (Å²) < 4.78 is 67.1. The molecule has 0 aliphatic carbocycles. The largest absolute Gasteiger partial charge is 0.416 e. The Balaban J connectivity index is 1.94. The van der Waals surface area contributed by atoms with E-state index in [0.29, 0.717) is 4.31 Å². The smallest absolute Gasteiger partial charge is 0.350 e. The molecule has 3 aromatic rings. The lowest BCUT2D eigenvalue weighted by Crippen LogP contribution is -2.40. The summed E-state index contributed by atoms with van der Waals surface area (Å²) in [4.78, 5) is 12.6. The van der Waals surface area contributed by atoms with Crippen LogP contribution in [-0.4, -0.2) is 20.9 Å². The number of carbonyl (C=O) groups is 1. The summed E-state index contributed by atoms with van der Waals surface area (Å²) >= 11 is 0. The predicted molar refractivity (Wildman–Crippen MR) is 120 cm³/mol. The zero-order valence-corrected chi connectivity index (χ0v) is 18.9. The van der Waals surface area contributed by atoms with Gasteiger partial charge in [-0.1, -0.05) is 48.0 Å². The third kappa shape index (κ3) is 5.92. The molecule has 3 aromatic carbocycles. The van der Waals surface area contributed by atoms with E-state index in [1.54, 1.807) is 19.1 Å². The molecule has 0 saturated carbocycles. The van der Waals surface area contributed by atoms with Crippen LogP contribution in [0.15, 0.2) is 77.7 Å². The number of hydrogen-bond donors (Lipinski definition) is 1. The van der Waals surface area contributed by atoms with Gasteiger partial charge < -0.3 is 5.32 Å². The van der Waals surface area contributed by atoms with Gasteiger partial charge in [-0.25, -0.2) is 8.42 Å². The van der Waals surface area contributed by atoms with E-state index in [-0.39, 0.29) is 17.1 Å². The second kappa shape index (κ2) is 9.66. The van der Waals surface area contributed by atoms with Crippen LogP contribution in [0.1, 0.15) is 22.3 Å². The monoisotopic (exact) mass is 476 g/mol. The number of carbonyl (C=O) groups excluding carboxylic acids is 1. The van der Waals surface area contributed by atoms with Crippen molar-refractivity contribution in [1.82, 2.24) is 5.32 Å². The molecule has 0 radical (unpaired) electrons. The molecule has 0 heterocycles. The summed E-state index contributed by atoms with van der Waals surface area (Å²) in [5.74, 6) is -0.647. The molecule has 174 valence electrons. The first kappa shape index (κ1) is 24.3. The molecular weight excluding hydrogens is 453 g/mol. The van der Waals surface area contributed by atoms with E-state index in [4.69, 9.17) is 0 Å². The van der Waals surface area contributed by atoms with Gasteiger partial charge in [-0.15, -0.1) is 0 Å². The Labute approximate surface area is 190 Å². The number of amides is 1. The molecule has 0 aromatic heterocycles. The Kier molecular flexibility index (Phi) is 7.12. The summed E-state index contributed by atoms with van der Waals surface area (Å²) in [5, 5.41) is 2.65. The minimum Gasteiger partial charge on any atom is -0.350 e. The van der Waals surface area contributed by atoms with Gasteiger partial charge in [0, 0.05) is 6.54 Å². The van der Waals surface area contributed by atoms with E-state index in [9.17, 15) is 26.4 Å². The van der Waals surface area contributed by atoms with E-state index in [1.807, 2.05) is 31.2 Å². The molecule has 1 N–H and O–H groups in total. The van der Waals surface area contributed by atoms with Crippen molar-refractivity contribution >= 4 is 21.6 Å². The molecule has 3 rings (SSSR count). The highest BCUT2D eigenvalue weighted by Gasteiger charge is 2.33. The van der Waals surface area contributed by atoms with Crippen molar-refractivity contribution in [2.75, 3.05) is 10.8 Å². The second-order valence-corrected chi connectivity index (χ2v) is 9.44. The third-order valence-corrected chi connectivity index (χ3v) is 6.88. The molecule has 9 heteroatoms. The number of aryl methyl sites for hydroxylation is 2. The minimum absolute atomic E-state index is 0.128. The molecule has 1 amide bonds. The van der Waals surface area contributed by atoms with Crippen molar-refractivity contribution in [2.45, 2.75) is 31.5 Å². The van der Waals surface area contributed by atoms with Crippen LogP contribution in [0.3, 0.4) is 0 Å². The lowest BCUT2D eigenvalue weighted by molar-refractivity contribution is -0.137. The summed E-state index contributed by atoms with van der Waals surface area (Å²) in [7, 11) is -4.31. The lowest BCUT2D eigenvalue weighted by atomic mass is 10.1. The van der Waals surface area contributed by atoms with E-state index in [0.717, 1.165) is 34.9 Å². The minimum atomic E-state index is -4.66. The third-order valence-electron chi connectivity index (χ3n) is 5.09. The Morgan fingerprint density at radius 3 is 2.24 bits per heavy atom. The van der Waals surface area contributed by atoms with Gasteiger partial charge in [0.05, 0.1) is 16.1 Å². The number of anilines is 1. The van der Waals surface area contributed by atoms with Crippen molar-refractivity contribution < 1.29 is 26.4 Å². The number of nitrogens with one attached hydrogen (secondary N) is 1. The highest BCUT2D eigenvalue weighted by atomic mass is 32.2. The predicted octanol–water partition coefficient (Wildman–Crippen LogP) is 4.83. The Morgan fingerprint density at radius 1 is 0.939 bits per heavy atom. The van der Waals surface area contributed by atoms with Crippen LogP contribution in [0, 0.1) is 13.8 Å². The molecule has 33 heavy (non-hydrogen) atoms. The van der Waals surface area contributed by atoms with Gasteiger partial charge >= 0.3 is 6.18 Å². The SMILES string of the molecule is Cc1ccc(S(=O)(=O)N(CC(=O)NCc2ccccc2C)c2cccc(C(F)(F)F)c2)cc1. The topological polar surface area (TPSA) is 66.5 Å². The molecule has 0 aliphatic rings. The van der Waals surface area contributed by atoms with Crippen LogP contribution < -0.4 is 9.62 Å². The van der Waals surface area contributed by atoms with Crippen molar-refractivity contribution in [1.29, 1.82) is 0 Å². The molecule has 0 unspecified atom stereocenters. The van der Waals surface area contributed by atoms with Crippen molar-refractivity contribution in [2.24, 2.45) is 0 Å². The van der Waals surface area contributed by atoms with Gasteiger partial charge in [0.25, 0.3) is 10.0 Å². The summed E-state index contributed by atoms with van der Waals surface area (Å²) in [6.45, 7) is 3.13. The van der Waals surface area contributed by atoms with E-state index in [1.165, 1.54) is 18.2 Å². The van der Waals surface area contributed by atoms with Gasteiger partial charge in [0.15, 0.2) is 0 Å². The van der Waals surface area contributed by atoms with E-state index >= 15 is 0 Å². The fourth-order valence-corrected chi connectivity index (χ4v) is 4.59. The molecule has 0 fully saturated rings. The highest BCUT2D eigenvalue weighted by molar-refractivity contribution is 7.92. The maximum Gasteiger partial charge on any atom is 0.416 e. The van der Waals surface area contributed by atoms with Crippen molar-refractivity contribution in [3.8, 4) is 0 Å². The highest BCUT2D eigenvalue weighted by Crippen LogP contribution is 2.33. The maximum absolute atomic E-state index is 13.3. The van der Waals surface area contributed by atoms with E-state index in [2.05, 4.69) is 5.32 Å². The lowest BCUT2D eigenvalue weighted by Gasteiger charge is -2.25. The number of alkyl halides is 3. The molecule has 5 nitrogen and oxygen atoms in total. The van der Waals surface area contributed by atoms with Gasteiger partial charge in [0.2, 0.25) is 5.91 Å². The van der Waals surface area contributed by atoms with Crippen LogP contribution in [0.25, 0.3) is 0 Å². The van der Waals surface area contributed by atoms with Crippen LogP contribution in [-0.2, 0) is 27.5 Å². The Bertz CT molecular complexity index is 1240. The van der Waals surface area contributed by atoms with Crippen LogP contribution in [0.4, 0.5) is 18.9 Å². The van der Waals surface area contributed by atoms with Gasteiger partial charge in [0.1, 0.15) is 6.54 Å². The molecule has 0 spiro atoms. The van der Waals surface area contributed by atoms with Crippen LogP contribution in [0.5, 0.6) is 0 Å². The number of sulfonamides is 1. The summed E-state index contributed by atoms with van der Waals surface area (Å²) in [6.07, 6.45) is -4.66. The molecule has 0 aliphatic heterocycles. The number of nitrogens with zero attached hydrogens (tertiary/aromatic N) is 1. The number of benzene rings is 3. The quantitative estimate of drug-likeness (QED) is 0.531. The van der Waals surface area contributed by atoms with E-state index < -0.39 is 34.2 Å². The molecular formula is C24H23F3N2O3S. The first-order valence-electron chi connectivity index (χ1n) is 10.1. The average Bonchev–Trinajstić information content (AvgIpc) is 2.76. The summed E-state index contributed by atoms with van der Waals surface area (Å²) in [6, 6.07) is 17.1. The standard InChI is InChI=1S/C24H23F3N2O3S/c1-17-10-12-22(13-11-17)33(31,32)29(21-9-5-8-20(14-21)24(25,26)27)16-23(30)28-15-19-7-4-3-6-18(19)2/h3-14H,15-16H2,1-2H3,(H,28,30). The fraction of sp³-hybridized carbons (Fsp3) is 0.208. The van der Waals surface area contributed by atoms with Crippen LogP contribution in [0.2, 0.25) is 0 Å². The van der Waals surface area contributed by atoms with Crippen molar-refractivity contribution in [3.63, 3.8) is 0 Å². The molecule has 0 bridgehead atoms. The summed E-state index contributed by atoms with van der Waals surface area (Å²) in [5.41, 5.74) is 1.34. The average molecular weight is 477 g/mol. The molecule has 0 atom stereocenters. The number of hydrogen-bond acceptors (Lipinski definition) is 3. The van der Waals surface area contributed by atoms with Gasteiger partial charge in [-0.05, 0) is 55.3 Å². The van der Waals surface area contributed by atoms with Crippen LogP contribution >= 0.6 is 0 Å². The van der Waals surface area contributed by atoms with Crippen molar-refractivity contribution in [3.05, 3.63) is 95.1 Å². The number of halogens is 3. The zero-order valence-electron chi connectivity index (χ0n) is 18.1.